The number of benzene rings is 3. The first-order chi connectivity index (χ1) is 15.2. The Hall–Kier alpha value is -2.78. The molecule has 0 aliphatic heterocycles. The number of hydrogen-bond donors (Lipinski definition) is 1. The minimum absolute atomic E-state index is 0.0137. The van der Waals surface area contributed by atoms with Crippen LogP contribution >= 0.6 is 34.8 Å². The molecule has 0 aliphatic rings. The van der Waals surface area contributed by atoms with Gasteiger partial charge in [0.2, 0.25) is 0 Å². The summed E-state index contributed by atoms with van der Waals surface area (Å²) in [5.74, 6) is -0.322. The van der Waals surface area contributed by atoms with Crippen LogP contribution in [-0.4, -0.2) is 27.7 Å². The van der Waals surface area contributed by atoms with Gasteiger partial charge in [-0.25, -0.2) is 9.63 Å². The van der Waals surface area contributed by atoms with Gasteiger partial charge in [-0.2, -0.15) is 13.5 Å². The smallest absolute Gasteiger partial charge is 0.345 e. The van der Waals surface area contributed by atoms with Crippen molar-refractivity contribution in [3.8, 4) is 11.5 Å². The van der Waals surface area contributed by atoms with Crippen LogP contribution < -0.4 is 14.3 Å². The predicted molar refractivity (Wildman–Crippen MR) is 124 cm³/mol. The van der Waals surface area contributed by atoms with Gasteiger partial charge < -0.3 is 9.47 Å². The van der Waals surface area contributed by atoms with Gasteiger partial charge in [-0.05, 0) is 66.2 Å². The van der Waals surface area contributed by atoms with Crippen LogP contribution in [0.2, 0.25) is 15.1 Å². The Morgan fingerprint density at radius 1 is 0.938 bits per heavy atom. The molecule has 0 aromatic heterocycles. The lowest BCUT2D eigenvalue weighted by Gasteiger charge is -2.10. The van der Waals surface area contributed by atoms with Crippen molar-refractivity contribution in [1.29, 1.82) is 0 Å². The zero-order valence-electron chi connectivity index (χ0n) is 16.4. The quantitative estimate of drug-likeness (QED) is 0.203. The zero-order chi connectivity index (χ0) is 23.3. The third kappa shape index (κ3) is 5.92. The normalized spacial score (nSPS) is 11.4. The van der Waals surface area contributed by atoms with Crippen LogP contribution in [-0.2, 0) is 10.0 Å². The summed E-state index contributed by atoms with van der Waals surface area (Å²) < 4.78 is 35.1. The number of nitrogens with one attached hydrogen (secondary N) is 1. The first kappa shape index (κ1) is 23.9. The van der Waals surface area contributed by atoms with E-state index in [0.717, 1.165) is 0 Å². The van der Waals surface area contributed by atoms with E-state index in [1.54, 1.807) is 6.07 Å². The van der Waals surface area contributed by atoms with Gasteiger partial charge in [0.15, 0.2) is 11.5 Å². The molecular weight excluding hydrogens is 499 g/mol. The van der Waals surface area contributed by atoms with Crippen LogP contribution in [0.5, 0.6) is 11.5 Å². The maximum Gasteiger partial charge on any atom is 0.345 e. The number of halogens is 3. The van der Waals surface area contributed by atoms with E-state index >= 15 is 0 Å². The zero-order valence-corrected chi connectivity index (χ0v) is 19.5. The lowest BCUT2D eigenvalue weighted by Crippen LogP contribution is -2.18. The molecule has 0 aliphatic carbocycles. The number of rotatable bonds is 7. The molecule has 0 fully saturated rings. The Morgan fingerprint density at radius 2 is 1.62 bits per heavy atom. The van der Waals surface area contributed by atoms with Crippen molar-refractivity contribution in [1.82, 2.24) is 4.83 Å². The summed E-state index contributed by atoms with van der Waals surface area (Å²) >= 11 is 17.6. The monoisotopic (exact) mass is 512 g/mol. The molecule has 0 atom stereocenters. The average Bonchev–Trinajstić information content (AvgIpc) is 2.74. The van der Waals surface area contributed by atoms with Crippen molar-refractivity contribution in [2.24, 2.45) is 5.10 Å². The van der Waals surface area contributed by atoms with Crippen molar-refractivity contribution in [3.05, 3.63) is 86.9 Å². The predicted octanol–water partition coefficient (Wildman–Crippen LogP) is 5.19. The Kier molecular flexibility index (Phi) is 7.63. The summed E-state index contributed by atoms with van der Waals surface area (Å²) in [5.41, 5.74) is 0.630. The molecule has 0 saturated carbocycles. The summed E-state index contributed by atoms with van der Waals surface area (Å²) in [6.45, 7) is 0. The summed E-state index contributed by atoms with van der Waals surface area (Å²) in [4.78, 5) is 14.5. The van der Waals surface area contributed by atoms with Gasteiger partial charge in [-0.1, -0.05) is 34.8 Å². The number of nitrogens with zero attached hydrogens (tertiary/aromatic N) is 1. The molecule has 3 rings (SSSR count). The molecule has 11 heteroatoms. The van der Waals surface area contributed by atoms with E-state index in [1.165, 1.54) is 67.9 Å². The van der Waals surface area contributed by atoms with Crippen LogP contribution in [0.15, 0.2) is 70.7 Å². The van der Waals surface area contributed by atoms with Crippen LogP contribution in [0.3, 0.4) is 0 Å². The van der Waals surface area contributed by atoms with E-state index in [2.05, 4.69) is 9.93 Å². The van der Waals surface area contributed by atoms with Crippen molar-refractivity contribution in [3.63, 3.8) is 0 Å². The molecule has 0 heterocycles. The molecular formula is C21H15Cl3N2O5S. The highest BCUT2D eigenvalue weighted by Gasteiger charge is 2.16. The molecule has 0 amide bonds. The number of carbonyl (C=O) groups excluding carboxylic acids is 1. The maximum absolute atomic E-state index is 12.4. The van der Waals surface area contributed by atoms with Crippen LogP contribution in [0, 0.1) is 0 Å². The van der Waals surface area contributed by atoms with Gasteiger partial charge in [0, 0.05) is 10.0 Å². The molecule has 0 spiro atoms. The average molecular weight is 514 g/mol. The van der Waals surface area contributed by atoms with E-state index in [0.29, 0.717) is 15.6 Å². The molecule has 0 radical (unpaired) electrons. The van der Waals surface area contributed by atoms with Crippen molar-refractivity contribution < 1.29 is 22.7 Å². The van der Waals surface area contributed by atoms with E-state index in [1.807, 2.05) is 0 Å². The maximum atomic E-state index is 12.4. The molecule has 1 N–H and O–H groups in total. The molecule has 166 valence electrons. The number of ether oxygens (including phenoxy) is 2. The fourth-order valence-corrected chi connectivity index (χ4v) is 3.90. The highest BCUT2D eigenvalue weighted by molar-refractivity contribution is 7.89. The number of esters is 1. The lowest BCUT2D eigenvalue weighted by atomic mass is 10.2. The van der Waals surface area contributed by atoms with Gasteiger partial charge in [-0.3, -0.25) is 0 Å². The Morgan fingerprint density at radius 3 is 2.28 bits per heavy atom. The fourth-order valence-electron chi connectivity index (χ4n) is 2.50. The van der Waals surface area contributed by atoms with Crippen molar-refractivity contribution in [2.75, 3.05) is 7.11 Å². The SMILES string of the molecule is COc1cc(/C=N/NS(=O)(=O)c2ccc(Cl)cc2)ccc1OC(=O)c1ccc(Cl)cc1Cl. The summed E-state index contributed by atoms with van der Waals surface area (Å²) in [7, 11) is -2.46. The summed E-state index contributed by atoms with van der Waals surface area (Å²) in [6.07, 6.45) is 1.28. The molecule has 0 saturated heterocycles. The molecule has 3 aromatic carbocycles. The Labute approximate surface area is 199 Å². The topological polar surface area (TPSA) is 94.1 Å². The van der Waals surface area contributed by atoms with Crippen molar-refractivity contribution in [2.45, 2.75) is 4.90 Å². The van der Waals surface area contributed by atoms with Gasteiger partial charge in [0.1, 0.15) is 0 Å². The van der Waals surface area contributed by atoms with Gasteiger partial charge in [0.25, 0.3) is 10.0 Å². The van der Waals surface area contributed by atoms with Gasteiger partial charge in [0.05, 0.1) is 28.8 Å². The van der Waals surface area contributed by atoms with E-state index < -0.39 is 16.0 Å². The van der Waals surface area contributed by atoms with Crippen molar-refractivity contribution >= 4 is 57.0 Å². The van der Waals surface area contributed by atoms with Gasteiger partial charge in [-0.15, -0.1) is 0 Å². The second-order valence-corrected chi connectivity index (χ2v) is 9.17. The summed E-state index contributed by atoms with van der Waals surface area (Å²) in [6, 6.07) is 14.6. The molecule has 0 unspecified atom stereocenters. The third-order valence-corrected chi connectivity index (χ3v) is 6.09. The second kappa shape index (κ2) is 10.2. The largest absolute Gasteiger partial charge is 0.493 e. The van der Waals surface area contributed by atoms with Crippen LogP contribution in [0.1, 0.15) is 15.9 Å². The Balaban J connectivity index is 1.73. The number of hydrazone groups is 1. The van der Waals surface area contributed by atoms with E-state index in [-0.39, 0.29) is 27.0 Å². The fraction of sp³-hybridized carbons (Fsp3) is 0.0476. The van der Waals surface area contributed by atoms with Gasteiger partial charge >= 0.3 is 5.97 Å². The first-order valence-electron chi connectivity index (χ1n) is 8.85. The second-order valence-electron chi connectivity index (χ2n) is 6.23. The Bertz CT molecular complexity index is 1280. The molecule has 3 aromatic rings. The molecule has 7 nitrogen and oxygen atoms in total. The highest BCUT2D eigenvalue weighted by atomic mass is 35.5. The summed E-state index contributed by atoms with van der Waals surface area (Å²) in [5, 5.41) is 4.71. The number of methoxy groups -OCH3 is 1. The number of sulfonamides is 1. The molecule has 32 heavy (non-hydrogen) atoms. The standard InChI is InChI=1S/C21H15Cl3N2O5S/c1-30-20-10-13(12-25-26-32(28,29)16-6-3-14(22)4-7-16)2-9-19(20)31-21(27)17-8-5-15(23)11-18(17)24/h2-12,26H,1H3/b25-12+. The molecule has 0 bridgehead atoms. The van der Waals surface area contributed by atoms with E-state index in [9.17, 15) is 13.2 Å². The highest BCUT2D eigenvalue weighted by Crippen LogP contribution is 2.30. The first-order valence-corrected chi connectivity index (χ1v) is 11.5. The third-order valence-electron chi connectivity index (χ3n) is 4.05. The van der Waals surface area contributed by atoms with Crippen LogP contribution in [0.25, 0.3) is 0 Å². The minimum Gasteiger partial charge on any atom is -0.493 e. The van der Waals surface area contributed by atoms with Crippen LogP contribution in [0.4, 0.5) is 0 Å². The van der Waals surface area contributed by atoms with E-state index in [4.69, 9.17) is 44.3 Å². The minimum atomic E-state index is -3.85. The lowest BCUT2D eigenvalue weighted by molar-refractivity contribution is 0.0730. The number of hydrogen-bond acceptors (Lipinski definition) is 6. The number of carbonyl (C=O) groups is 1.